The van der Waals surface area contributed by atoms with Crippen LogP contribution in [-0.2, 0) is 29.3 Å². The molecule has 1 aliphatic heterocycles. The predicted octanol–water partition coefficient (Wildman–Crippen LogP) is 4.54. The van der Waals surface area contributed by atoms with Gasteiger partial charge in [0.25, 0.3) is 10.0 Å². The molecule has 3 aromatic heterocycles. The van der Waals surface area contributed by atoms with Gasteiger partial charge >= 0.3 is 0 Å². The fraction of sp³-hybridized carbons (Fsp3) is 0.379. The zero-order valence-electron chi connectivity index (χ0n) is 23.3. The van der Waals surface area contributed by atoms with Crippen LogP contribution in [0.5, 0.6) is 0 Å². The summed E-state index contributed by atoms with van der Waals surface area (Å²) in [4.78, 5) is 12.1. The zero-order chi connectivity index (χ0) is 28.9. The van der Waals surface area contributed by atoms with Crippen LogP contribution in [0.1, 0.15) is 38.4 Å². The molecule has 0 spiro atoms. The smallest absolute Gasteiger partial charge is 0.268 e. The maximum atomic E-state index is 13.5. The molecule has 0 bridgehead atoms. The lowest BCUT2D eigenvalue weighted by Gasteiger charge is -2.37. The minimum absolute atomic E-state index is 0.112. The van der Waals surface area contributed by atoms with Gasteiger partial charge in [0.2, 0.25) is 0 Å². The molecule has 1 aromatic carbocycles. The number of hydrogen-bond acceptors (Lipinski definition) is 8. The van der Waals surface area contributed by atoms with Gasteiger partial charge < -0.3 is 9.64 Å². The molecule has 0 saturated carbocycles. The Morgan fingerprint density at radius 1 is 0.975 bits per heavy atom. The van der Waals surface area contributed by atoms with E-state index in [0.29, 0.717) is 59.3 Å². The average molecular weight is 583 g/mol. The standard InChI is InChI=1S/C29H34N4O5S2/c1-6-22-19-38-15-14-32(22)28-18-21(29(3,4)39(5,34)35)17-25(31-28)24-12-13-27-26(30-24)16-20(2)33(27)40(36,37)23-10-8-7-9-11-23/h7-13,16-18,22H,6,14-15,19H2,1-5H3/t22-/m0/s1. The molecule has 1 aliphatic rings. The zero-order valence-corrected chi connectivity index (χ0v) is 25.0. The quantitative estimate of drug-likeness (QED) is 0.312. The van der Waals surface area contributed by atoms with Gasteiger partial charge in [-0.15, -0.1) is 0 Å². The monoisotopic (exact) mass is 582 g/mol. The highest BCUT2D eigenvalue weighted by Gasteiger charge is 2.34. The third-order valence-electron chi connectivity index (χ3n) is 7.76. The number of rotatable bonds is 7. The Kier molecular flexibility index (Phi) is 7.26. The number of ether oxygens (including phenoxy) is 1. The highest BCUT2D eigenvalue weighted by Crippen LogP contribution is 2.35. The van der Waals surface area contributed by atoms with E-state index in [1.54, 1.807) is 75.4 Å². The summed E-state index contributed by atoms with van der Waals surface area (Å²) < 4.78 is 58.4. The van der Waals surface area contributed by atoms with Gasteiger partial charge in [-0.2, -0.15) is 0 Å². The molecule has 212 valence electrons. The van der Waals surface area contributed by atoms with Gasteiger partial charge in [0, 0.05) is 18.5 Å². The van der Waals surface area contributed by atoms with E-state index in [4.69, 9.17) is 14.7 Å². The van der Waals surface area contributed by atoms with Crippen LogP contribution in [0.2, 0.25) is 0 Å². The fourth-order valence-corrected chi connectivity index (χ4v) is 7.11. The molecule has 1 fully saturated rings. The van der Waals surface area contributed by atoms with Gasteiger partial charge in [0.1, 0.15) is 5.82 Å². The third-order valence-corrected chi connectivity index (χ3v) is 11.7. The number of aromatic nitrogens is 3. The van der Waals surface area contributed by atoms with Crippen LogP contribution >= 0.6 is 0 Å². The molecular formula is C29H34N4O5S2. The summed E-state index contributed by atoms with van der Waals surface area (Å²) in [6.07, 6.45) is 2.09. The lowest BCUT2D eigenvalue weighted by atomic mass is 10.0. The van der Waals surface area contributed by atoms with Gasteiger partial charge in [0.15, 0.2) is 9.84 Å². The third kappa shape index (κ3) is 4.90. The number of nitrogens with zero attached hydrogens (tertiary/aromatic N) is 4. The van der Waals surface area contributed by atoms with Crippen molar-refractivity contribution in [3.63, 3.8) is 0 Å². The minimum Gasteiger partial charge on any atom is -0.377 e. The van der Waals surface area contributed by atoms with E-state index >= 15 is 0 Å². The summed E-state index contributed by atoms with van der Waals surface area (Å²) in [7, 11) is -7.29. The summed E-state index contributed by atoms with van der Waals surface area (Å²) >= 11 is 0. The van der Waals surface area contributed by atoms with Crippen molar-refractivity contribution >= 4 is 36.7 Å². The Bertz CT molecular complexity index is 1780. The van der Waals surface area contributed by atoms with Crippen LogP contribution in [0, 0.1) is 6.92 Å². The second-order valence-electron chi connectivity index (χ2n) is 10.7. The minimum atomic E-state index is -3.83. The molecule has 5 rings (SSSR count). The van der Waals surface area contributed by atoms with Crippen molar-refractivity contribution in [2.24, 2.45) is 0 Å². The predicted molar refractivity (Wildman–Crippen MR) is 157 cm³/mol. The normalized spacial score (nSPS) is 16.9. The summed E-state index contributed by atoms with van der Waals surface area (Å²) in [6.45, 7) is 8.97. The molecule has 9 nitrogen and oxygen atoms in total. The SMILES string of the molecule is CC[C@H]1COCCN1c1cc(C(C)(C)S(C)(=O)=O)cc(-c2ccc3c(cc(C)n3S(=O)(=O)c3ccccc3)n2)n1. The molecule has 0 unspecified atom stereocenters. The van der Waals surface area contributed by atoms with Gasteiger partial charge in [-0.05, 0) is 75.2 Å². The summed E-state index contributed by atoms with van der Waals surface area (Å²) in [5, 5.41) is 0. The second-order valence-corrected chi connectivity index (χ2v) is 15.0. The van der Waals surface area contributed by atoms with E-state index in [0.717, 1.165) is 6.42 Å². The average Bonchev–Trinajstić information content (AvgIpc) is 3.28. The van der Waals surface area contributed by atoms with Crippen molar-refractivity contribution in [2.75, 3.05) is 30.9 Å². The first kappa shape index (κ1) is 28.3. The first-order valence-corrected chi connectivity index (χ1v) is 16.5. The van der Waals surface area contributed by atoms with Crippen LogP contribution in [-0.4, -0.2) is 62.8 Å². The summed E-state index contributed by atoms with van der Waals surface area (Å²) in [5.74, 6) is 0.668. The molecule has 11 heteroatoms. The molecule has 1 saturated heterocycles. The van der Waals surface area contributed by atoms with E-state index < -0.39 is 24.6 Å². The Hall–Kier alpha value is -3.28. The van der Waals surface area contributed by atoms with Gasteiger partial charge in [0.05, 0.1) is 51.3 Å². The fourth-order valence-electron chi connectivity index (χ4n) is 5.00. The maximum absolute atomic E-state index is 13.5. The number of hydrogen-bond donors (Lipinski definition) is 0. The van der Waals surface area contributed by atoms with Crippen molar-refractivity contribution < 1.29 is 21.6 Å². The summed E-state index contributed by atoms with van der Waals surface area (Å²) in [6, 6.07) is 17.2. The van der Waals surface area contributed by atoms with Crippen LogP contribution < -0.4 is 4.90 Å². The van der Waals surface area contributed by atoms with Crippen molar-refractivity contribution in [3.05, 3.63) is 71.9 Å². The maximum Gasteiger partial charge on any atom is 0.268 e. The Balaban J connectivity index is 1.67. The van der Waals surface area contributed by atoms with Gasteiger partial charge in [-0.25, -0.2) is 30.8 Å². The molecule has 4 heterocycles. The first-order valence-electron chi connectivity index (χ1n) is 13.2. The highest BCUT2D eigenvalue weighted by molar-refractivity contribution is 7.91. The topological polar surface area (TPSA) is 111 Å². The lowest BCUT2D eigenvalue weighted by molar-refractivity contribution is 0.0925. The van der Waals surface area contributed by atoms with Crippen LogP contribution in [0.15, 0.2) is 65.6 Å². The largest absolute Gasteiger partial charge is 0.377 e. The number of aryl methyl sites for hydroxylation is 1. The molecule has 4 aromatic rings. The second kappa shape index (κ2) is 10.3. The van der Waals surface area contributed by atoms with Crippen molar-refractivity contribution in [1.29, 1.82) is 0 Å². The van der Waals surface area contributed by atoms with Crippen LogP contribution in [0.3, 0.4) is 0 Å². The van der Waals surface area contributed by atoms with Crippen molar-refractivity contribution in [2.45, 2.75) is 49.8 Å². The molecule has 0 aliphatic carbocycles. The van der Waals surface area contributed by atoms with Crippen LogP contribution in [0.4, 0.5) is 5.82 Å². The van der Waals surface area contributed by atoms with E-state index in [2.05, 4.69) is 11.8 Å². The van der Waals surface area contributed by atoms with E-state index in [1.165, 1.54) is 10.2 Å². The van der Waals surface area contributed by atoms with Crippen molar-refractivity contribution in [3.8, 4) is 11.4 Å². The molecule has 0 amide bonds. The molecular weight excluding hydrogens is 548 g/mol. The molecule has 1 atom stereocenters. The Morgan fingerprint density at radius 2 is 1.70 bits per heavy atom. The number of pyridine rings is 2. The first-order chi connectivity index (χ1) is 18.8. The van der Waals surface area contributed by atoms with Gasteiger partial charge in [-0.3, -0.25) is 0 Å². The number of fused-ring (bicyclic) bond motifs is 1. The number of morpholine rings is 1. The molecule has 0 radical (unpaired) electrons. The highest BCUT2D eigenvalue weighted by atomic mass is 32.2. The van der Waals surface area contributed by atoms with E-state index in [9.17, 15) is 16.8 Å². The number of benzene rings is 1. The Morgan fingerprint density at radius 3 is 2.38 bits per heavy atom. The van der Waals surface area contributed by atoms with Crippen molar-refractivity contribution in [1.82, 2.24) is 13.9 Å². The molecule has 40 heavy (non-hydrogen) atoms. The van der Waals surface area contributed by atoms with Crippen LogP contribution in [0.25, 0.3) is 22.4 Å². The summed E-state index contributed by atoms with van der Waals surface area (Å²) in [5.41, 5.74) is 3.14. The number of sulfone groups is 1. The molecule has 0 N–H and O–H groups in total. The number of anilines is 1. The van der Waals surface area contributed by atoms with E-state index in [-0.39, 0.29) is 10.9 Å². The van der Waals surface area contributed by atoms with E-state index in [1.807, 2.05) is 6.07 Å². The lowest BCUT2D eigenvalue weighted by Crippen LogP contribution is -2.45. The van der Waals surface area contributed by atoms with Gasteiger partial charge in [-0.1, -0.05) is 25.1 Å². The Labute approximate surface area is 235 Å².